The Morgan fingerprint density at radius 2 is 1.85 bits per heavy atom. The van der Waals surface area contributed by atoms with E-state index >= 15 is 0 Å². The van der Waals surface area contributed by atoms with Crippen molar-refractivity contribution in [3.05, 3.63) is 78.2 Å². The van der Waals surface area contributed by atoms with Crippen LogP contribution in [0.4, 0.5) is 19.1 Å². The summed E-state index contributed by atoms with van der Waals surface area (Å²) in [6.07, 6.45) is -2.29. The Bertz CT molecular complexity index is 1520. The average Bonchev–Trinajstić information content (AvgIpc) is 3.41. The summed E-state index contributed by atoms with van der Waals surface area (Å²) >= 11 is 0. The number of aryl methyl sites for hydroxylation is 1. The van der Waals surface area contributed by atoms with E-state index in [4.69, 9.17) is 0 Å². The highest BCUT2D eigenvalue weighted by molar-refractivity contribution is 6.03. The SMILES string of the molecule is CCc1cccc2nc(C(=O)Nc3nc4cc(-c5cccc(OC(F)(F)F)c5)ccc4[nH]3)cn12. The number of carbonyl (C=O) groups excluding carboxylic acids is 1. The van der Waals surface area contributed by atoms with Gasteiger partial charge in [0, 0.05) is 11.9 Å². The Balaban J connectivity index is 1.39. The second kappa shape index (κ2) is 8.22. The minimum atomic E-state index is -4.77. The van der Waals surface area contributed by atoms with Crippen molar-refractivity contribution in [2.45, 2.75) is 19.7 Å². The molecule has 1 amide bonds. The van der Waals surface area contributed by atoms with E-state index in [1.807, 2.05) is 29.5 Å². The van der Waals surface area contributed by atoms with Gasteiger partial charge in [0.1, 0.15) is 17.1 Å². The summed E-state index contributed by atoms with van der Waals surface area (Å²) in [5, 5.41) is 2.71. The van der Waals surface area contributed by atoms with Crippen LogP contribution in [-0.4, -0.2) is 31.6 Å². The number of imidazole rings is 2. The van der Waals surface area contributed by atoms with E-state index in [9.17, 15) is 18.0 Å². The molecule has 3 aromatic heterocycles. The largest absolute Gasteiger partial charge is 0.573 e. The predicted molar refractivity (Wildman–Crippen MR) is 121 cm³/mol. The zero-order valence-electron chi connectivity index (χ0n) is 17.8. The first-order valence-electron chi connectivity index (χ1n) is 10.4. The fraction of sp³-hybridized carbons (Fsp3) is 0.125. The van der Waals surface area contributed by atoms with Crippen LogP contribution in [0.1, 0.15) is 23.1 Å². The van der Waals surface area contributed by atoms with E-state index in [1.54, 1.807) is 30.5 Å². The maximum Gasteiger partial charge on any atom is 0.573 e. The first-order valence-corrected chi connectivity index (χ1v) is 10.4. The Labute approximate surface area is 191 Å². The Hall–Kier alpha value is -4.34. The topological polar surface area (TPSA) is 84.3 Å². The van der Waals surface area contributed by atoms with Crippen molar-refractivity contribution < 1.29 is 22.7 Å². The number of benzene rings is 2. The molecule has 0 saturated heterocycles. The minimum Gasteiger partial charge on any atom is -0.406 e. The van der Waals surface area contributed by atoms with Crippen LogP contribution in [0.2, 0.25) is 0 Å². The average molecular weight is 465 g/mol. The van der Waals surface area contributed by atoms with Gasteiger partial charge in [-0.25, -0.2) is 9.97 Å². The van der Waals surface area contributed by atoms with E-state index < -0.39 is 12.3 Å². The van der Waals surface area contributed by atoms with Gasteiger partial charge < -0.3 is 14.1 Å². The molecule has 172 valence electrons. The van der Waals surface area contributed by atoms with E-state index in [-0.39, 0.29) is 17.4 Å². The Kier molecular flexibility index (Phi) is 5.20. The summed E-state index contributed by atoms with van der Waals surface area (Å²) in [4.78, 5) is 24.5. The van der Waals surface area contributed by atoms with Crippen LogP contribution in [0.3, 0.4) is 0 Å². The summed E-state index contributed by atoms with van der Waals surface area (Å²) in [5.74, 6) is -0.486. The monoisotopic (exact) mass is 465 g/mol. The third-order valence-corrected chi connectivity index (χ3v) is 5.29. The molecule has 5 aromatic rings. The summed E-state index contributed by atoms with van der Waals surface area (Å²) in [6.45, 7) is 2.02. The number of aromatic nitrogens is 4. The third kappa shape index (κ3) is 4.29. The van der Waals surface area contributed by atoms with Crippen molar-refractivity contribution >= 4 is 28.5 Å². The van der Waals surface area contributed by atoms with Crippen LogP contribution >= 0.6 is 0 Å². The standard InChI is InChI=1S/C24H18F3N5O2/c1-2-16-6-4-8-21-28-20(13-32(16)21)22(33)31-23-29-18-10-9-15(12-19(18)30-23)14-5-3-7-17(11-14)34-24(25,26)27/h3-13H,2H2,1H3,(H2,29,30,31,33). The highest BCUT2D eigenvalue weighted by Crippen LogP contribution is 2.29. The van der Waals surface area contributed by atoms with Crippen molar-refractivity contribution in [1.82, 2.24) is 19.4 Å². The number of nitrogens with zero attached hydrogens (tertiary/aromatic N) is 3. The number of aromatic amines is 1. The molecule has 2 aromatic carbocycles. The number of H-pyrrole nitrogens is 1. The summed E-state index contributed by atoms with van der Waals surface area (Å²) in [7, 11) is 0. The summed E-state index contributed by atoms with van der Waals surface area (Å²) < 4.78 is 43.5. The van der Waals surface area contributed by atoms with Crippen LogP contribution in [0.15, 0.2) is 66.9 Å². The molecule has 34 heavy (non-hydrogen) atoms. The predicted octanol–water partition coefficient (Wildman–Crippen LogP) is 5.59. The number of alkyl halides is 3. The number of pyridine rings is 1. The Morgan fingerprint density at radius 3 is 2.65 bits per heavy atom. The lowest BCUT2D eigenvalue weighted by Gasteiger charge is -2.10. The second-order valence-electron chi connectivity index (χ2n) is 7.57. The molecular formula is C24H18F3N5O2. The quantitative estimate of drug-likeness (QED) is 0.354. The number of hydrogen-bond acceptors (Lipinski definition) is 4. The molecule has 0 spiro atoms. The van der Waals surface area contributed by atoms with Crippen molar-refractivity contribution in [3.8, 4) is 16.9 Å². The summed E-state index contributed by atoms with van der Waals surface area (Å²) in [6, 6.07) is 16.6. The van der Waals surface area contributed by atoms with Crippen LogP contribution in [0, 0.1) is 0 Å². The lowest BCUT2D eigenvalue weighted by Crippen LogP contribution is -2.17. The van der Waals surface area contributed by atoms with Gasteiger partial charge in [0.05, 0.1) is 11.0 Å². The second-order valence-corrected chi connectivity index (χ2v) is 7.57. The normalized spacial score (nSPS) is 11.8. The minimum absolute atomic E-state index is 0.235. The molecule has 0 radical (unpaired) electrons. The van der Waals surface area contributed by atoms with E-state index in [0.717, 1.165) is 12.1 Å². The van der Waals surface area contributed by atoms with Gasteiger partial charge in [-0.1, -0.05) is 31.2 Å². The van der Waals surface area contributed by atoms with Crippen LogP contribution < -0.4 is 10.1 Å². The van der Waals surface area contributed by atoms with Crippen LogP contribution in [0.5, 0.6) is 5.75 Å². The van der Waals surface area contributed by atoms with Gasteiger partial charge in [-0.15, -0.1) is 13.2 Å². The van der Waals surface area contributed by atoms with Crippen molar-refractivity contribution in [3.63, 3.8) is 0 Å². The molecule has 3 heterocycles. The van der Waals surface area contributed by atoms with E-state index in [0.29, 0.717) is 27.8 Å². The number of anilines is 1. The van der Waals surface area contributed by atoms with Gasteiger partial charge in [0.15, 0.2) is 0 Å². The summed E-state index contributed by atoms with van der Waals surface area (Å²) in [5.41, 5.74) is 4.35. The number of rotatable bonds is 5. The number of fused-ring (bicyclic) bond motifs is 2. The molecule has 0 fully saturated rings. The van der Waals surface area contributed by atoms with Gasteiger partial charge in [-0.2, -0.15) is 0 Å². The van der Waals surface area contributed by atoms with Gasteiger partial charge in [-0.05, 0) is 53.9 Å². The number of ether oxygens (including phenoxy) is 1. The Morgan fingerprint density at radius 1 is 1.06 bits per heavy atom. The van der Waals surface area contributed by atoms with Gasteiger partial charge in [0.25, 0.3) is 5.91 Å². The van der Waals surface area contributed by atoms with Gasteiger partial charge in [0.2, 0.25) is 5.95 Å². The molecule has 5 rings (SSSR count). The van der Waals surface area contributed by atoms with Crippen molar-refractivity contribution in [2.24, 2.45) is 0 Å². The molecule has 7 nitrogen and oxygen atoms in total. The molecule has 0 atom stereocenters. The van der Waals surface area contributed by atoms with Crippen molar-refractivity contribution in [2.75, 3.05) is 5.32 Å². The number of amides is 1. The van der Waals surface area contributed by atoms with Crippen molar-refractivity contribution in [1.29, 1.82) is 0 Å². The lowest BCUT2D eigenvalue weighted by molar-refractivity contribution is -0.274. The first-order chi connectivity index (χ1) is 16.3. The smallest absolute Gasteiger partial charge is 0.406 e. The molecule has 0 unspecified atom stereocenters. The molecular weight excluding hydrogens is 447 g/mol. The van der Waals surface area contributed by atoms with Gasteiger partial charge in [-0.3, -0.25) is 10.1 Å². The molecule has 0 saturated carbocycles. The van der Waals surface area contributed by atoms with E-state index in [2.05, 4.69) is 25.0 Å². The molecule has 0 aliphatic heterocycles. The van der Waals surface area contributed by atoms with Crippen LogP contribution in [0.25, 0.3) is 27.8 Å². The number of nitrogens with one attached hydrogen (secondary N) is 2. The molecule has 2 N–H and O–H groups in total. The highest BCUT2D eigenvalue weighted by atomic mass is 19.4. The third-order valence-electron chi connectivity index (χ3n) is 5.29. The fourth-order valence-electron chi connectivity index (χ4n) is 3.75. The van der Waals surface area contributed by atoms with Gasteiger partial charge >= 0.3 is 6.36 Å². The molecule has 10 heteroatoms. The van der Waals surface area contributed by atoms with Crippen LogP contribution in [-0.2, 0) is 6.42 Å². The lowest BCUT2D eigenvalue weighted by atomic mass is 10.0. The highest BCUT2D eigenvalue weighted by Gasteiger charge is 2.31. The fourth-order valence-corrected chi connectivity index (χ4v) is 3.75. The number of hydrogen-bond donors (Lipinski definition) is 2. The number of carbonyl (C=O) groups is 1. The maximum atomic E-state index is 12.7. The van der Waals surface area contributed by atoms with E-state index in [1.165, 1.54) is 18.2 Å². The molecule has 0 aliphatic carbocycles. The molecule has 0 bridgehead atoms. The molecule has 0 aliphatic rings. The first kappa shape index (κ1) is 21.5. The maximum absolute atomic E-state index is 12.7. The zero-order valence-corrected chi connectivity index (χ0v) is 17.8. The number of halogens is 3. The zero-order chi connectivity index (χ0) is 23.9.